The first-order valence-corrected chi connectivity index (χ1v) is 15.0. The first kappa shape index (κ1) is 27.8. The van der Waals surface area contributed by atoms with Gasteiger partial charge < -0.3 is 14.5 Å². The molecule has 2 N–H and O–H groups in total. The van der Waals surface area contributed by atoms with E-state index in [1.54, 1.807) is 0 Å². The smallest absolute Gasteiger partial charge is 0.0534 e. The van der Waals surface area contributed by atoms with E-state index in [1.165, 1.54) is 71.0 Å². The number of fused-ring (bicyclic) bond motifs is 9. The number of H-pyrrole nitrogens is 2. The van der Waals surface area contributed by atoms with Crippen molar-refractivity contribution in [2.45, 2.75) is 0 Å². The maximum absolute atomic E-state index is 3.87. The second-order valence-corrected chi connectivity index (χ2v) is 10.9. The van der Waals surface area contributed by atoms with Crippen molar-refractivity contribution < 1.29 is 0 Å². The van der Waals surface area contributed by atoms with Crippen LogP contribution < -0.4 is 0 Å². The molecule has 0 saturated heterocycles. The molecule has 0 fully saturated rings. The predicted octanol–water partition coefficient (Wildman–Crippen LogP) is 11.8. The number of rotatable bonds is 3. The van der Waals surface area contributed by atoms with Crippen molar-refractivity contribution in [3.8, 4) is 0 Å². The fourth-order valence-electron chi connectivity index (χ4n) is 6.24. The van der Waals surface area contributed by atoms with Crippen LogP contribution in [0.2, 0.25) is 0 Å². The molecule has 3 nitrogen and oxygen atoms in total. The van der Waals surface area contributed by atoms with Crippen LogP contribution in [0.15, 0.2) is 153 Å². The molecule has 3 heteroatoms. The maximum Gasteiger partial charge on any atom is 0.0534 e. The number of aromatic amines is 2. The van der Waals surface area contributed by atoms with Crippen LogP contribution in [0.1, 0.15) is 11.1 Å². The molecule has 0 atom stereocenters. The van der Waals surface area contributed by atoms with E-state index < -0.39 is 0 Å². The SMILES string of the molecule is C=Cc1ccc2[nH]c3ccccc3c2c1.C=Cc1cccc2[nH]c3ccccc3c12.C=Cn1c2ccccc2c2ccccc21. The lowest BCUT2D eigenvalue weighted by Crippen LogP contribution is -1.82. The fraction of sp³-hybridized carbons (Fsp3) is 0. The Morgan fingerprint density at radius 3 is 1.62 bits per heavy atom. The van der Waals surface area contributed by atoms with Crippen molar-refractivity contribution in [3.63, 3.8) is 0 Å². The van der Waals surface area contributed by atoms with Gasteiger partial charge in [-0.2, -0.15) is 0 Å². The zero-order chi connectivity index (χ0) is 30.8. The monoisotopic (exact) mass is 579 g/mol. The molecule has 0 aliphatic rings. The van der Waals surface area contributed by atoms with Gasteiger partial charge >= 0.3 is 0 Å². The summed E-state index contributed by atoms with van der Waals surface area (Å²) in [6, 6.07) is 46.1. The van der Waals surface area contributed by atoms with Crippen LogP contribution >= 0.6 is 0 Å². The summed E-state index contributed by atoms with van der Waals surface area (Å²) >= 11 is 0. The lowest BCUT2D eigenvalue weighted by molar-refractivity contribution is 1.30. The van der Waals surface area contributed by atoms with E-state index in [0.717, 1.165) is 5.56 Å². The second kappa shape index (κ2) is 11.9. The first-order valence-electron chi connectivity index (χ1n) is 15.0. The number of hydrogen-bond acceptors (Lipinski definition) is 0. The van der Waals surface area contributed by atoms with Gasteiger partial charge in [0.2, 0.25) is 0 Å². The summed E-state index contributed by atoms with van der Waals surface area (Å²) in [6.45, 7) is 11.5. The number of aromatic nitrogens is 3. The van der Waals surface area contributed by atoms with Gasteiger partial charge in [-0.3, -0.25) is 0 Å². The maximum atomic E-state index is 3.87. The summed E-state index contributed by atoms with van der Waals surface area (Å²) in [7, 11) is 0. The molecule has 0 unspecified atom stereocenters. The summed E-state index contributed by atoms with van der Waals surface area (Å²) in [6.07, 6.45) is 5.65. The molecule has 9 rings (SSSR count). The average molecular weight is 580 g/mol. The number of para-hydroxylation sites is 4. The van der Waals surface area contributed by atoms with E-state index in [1.807, 2.05) is 30.5 Å². The van der Waals surface area contributed by atoms with Gasteiger partial charge in [-0.15, -0.1) is 0 Å². The van der Waals surface area contributed by atoms with Crippen LogP contribution in [0.3, 0.4) is 0 Å². The zero-order valence-electron chi connectivity index (χ0n) is 25.0. The molecular weight excluding hydrogens is 546 g/mol. The minimum atomic E-state index is 1.16. The highest BCUT2D eigenvalue weighted by molar-refractivity contribution is 6.11. The number of benzene rings is 6. The van der Waals surface area contributed by atoms with E-state index in [9.17, 15) is 0 Å². The first-order chi connectivity index (χ1) is 22.2. The molecule has 45 heavy (non-hydrogen) atoms. The van der Waals surface area contributed by atoms with Gasteiger partial charge in [0.1, 0.15) is 0 Å². The van der Waals surface area contributed by atoms with Crippen molar-refractivity contribution in [1.82, 2.24) is 14.5 Å². The quantitative estimate of drug-likeness (QED) is 0.209. The van der Waals surface area contributed by atoms with Gasteiger partial charge in [0, 0.05) is 60.6 Å². The van der Waals surface area contributed by atoms with Gasteiger partial charge in [0.25, 0.3) is 0 Å². The van der Waals surface area contributed by atoms with Gasteiger partial charge in [-0.1, -0.05) is 123 Å². The minimum absolute atomic E-state index is 1.16. The van der Waals surface area contributed by atoms with Crippen molar-refractivity contribution in [2.75, 3.05) is 0 Å². The third kappa shape index (κ3) is 5.01. The molecule has 216 valence electrons. The molecule has 0 bridgehead atoms. The fourth-order valence-corrected chi connectivity index (χ4v) is 6.24. The Kier molecular flexibility index (Phi) is 7.34. The Morgan fingerprint density at radius 2 is 0.978 bits per heavy atom. The molecule has 0 radical (unpaired) electrons. The second-order valence-electron chi connectivity index (χ2n) is 10.9. The van der Waals surface area contributed by atoms with Gasteiger partial charge in [0.15, 0.2) is 0 Å². The summed E-state index contributed by atoms with van der Waals surface area (Å²) in [4.78, 5) is 6.80. The van der Waals surface area contributed by atoms with Crippen LogP contribution in [0.25, 0.3) is 83.8 Å². The van der Waals surface area contributed by atoms with Crippen LogP contribution in [-0.2, 0) is 0 Å². The number of nitrogens with one attached hydrogen (secondary N) is 2. The number of hydrogen-bond donors (Lipinski definition) is 2. The molecule has 0 saturated carbocycles. The standard InChI is InChI=1S/3C14H11N/c1-2-15-13-9-5-3-7-11(13)12-8-4-6-10-14(12)15;1-2-10-6-5-9-13-14(10)11-7-3-4-8-12(11)15-13;1-2-10-7-8-14-12(9-10)11-5-3-4-6-13(11)15-14/h2-10H,1H2;2*2-9,15H,1H2. The molecule has 9 aromatic rings. The highest BCUT2D eigenvalue weighted by Crippen LogP contribution is 2.30. The molecule has 0 aliphatic heterocycles. The predicted molar refractivity (Wildman–Crippen MR) is 198 cm³/mol. The molecule has 0 spiro atoms. The molecule has 3 aromatic heterocycles. The van der Waals surface area contributed by atoms with Crippen LogP contribution in [0.5, 0.6) is 0 Å². The zero-order valence-corrected chi connectivity index (χ0v) is 25.0. The van der Waals surface area contributed by atoms with Crippen molar-refractivity contribution in [1.29, 1.82) is 0 Å². The molecule has 6 aromatic carbocycles. The Labute approximate surface area is 262 Å². The molecule has 0 aliphatic carbocycles. The van der Waals surface area contributed by atoms with Crippen LogP contribution in [-0.4, -0.2) is 14.5 Å². The molecule has 3 heterocycles. The van der Waals surface area contributed by atoms with Crippen molar-refractivity contribution in [3.05, 3.63) is 164 Å². The van der Waals surface area contributed by atoms with E-state index in [2.05, 4.69) is 156 Å². The Balaban J connectivity index is 0.000000108. The normalized spacial score (nSPS) is 10.9. The Hall–Kier alpha value is -6.06. The third-order valence-corrected chi connectivity index (χ3v) is 8.35. The lowest BCUT2D eigenvalue weighted by atomic mass is 10.1. The molecule has 0 amide bonds. The summed E-state index contributed by atoms with van der Waals surface area (Å²) < 4.78 is 2.13. The summed E-state index contributed by atoms with van der Waals surface area (Å²) in [5, 5.41) is 7.64. The van der Waals surface area contributed by atoms with Gasteiger partial charge in [-0.05, 0) is 53.6 Å². The summed E-state index contributed by atoms with van der Waals surface area (Å²) in [5.41, 5.74) is 9.51. The van der Waals surface area contributed by atoms with E-state index in [0.29, 0.717) is 0 Å². The van der Waals surface area contributed by atoms with Crippen molar-refractivity contribution in [2.24, 2.45) is 0 Å². The van der Waals surface area contributed by atoms with E-state index in [-0.39, 0.29) is 0 Å². The number of nitrogens with zero attached hydrogens (tertiary/aromatic N) is 1. The van der Waals surface area contributed by atoms with Crippen molar-refractivity contribution >= 4 is 83.8 Å². The molecular formula is C42H33N3. The third-order valence-electron chi connectivity index (χ3n) is 8.35. The minimum Gasteiger partial charge on any atom is -0.355 e. The van der Waals surface area contributed by atoms with Crippen LogP contribution in [0, 0.1) is 0 Å². The van der Waals surface area contributed by atoms with E-state index in [4.69, 9.17) is 0 Å². The van der Waals surface area contributed by atoms with Gasteiger partial charge in [0.05, 0.1) is 11.0 Å². The lowest BCUT2D eigenvalue weighted by Gasteiger charge is -1.97. The van der Waals surface area contributed by atoms with Crippen LogP contribution in [0.4, 0.5) is 0 Å². The Morgan fingerprint density at radius 1 is 0.444 bits per heavy atom. The largest absolute Gasteiger partial charge is 0.355 e. The average Bonchev–Trinajstić information content (AvgIpc) is 3.78. The van der Waals surface area contributed by atoms with E-state index >= 15 is 0 Å². The highest BCUT2D eigenvalue weighted by atomic mass is 14.9. The summed E-state index contributed by atoms with van der Waals surface area (Å²) in [5.74, 6) is 0. The topological polar surface area (TPSA) is 36.5 Å². The van der Waals surface area contributed by atoms with Gasteiger partial charge in [-0.25, -0.2) is 0 Å². The highest BCUT2D eigenvalue weighted by Gasteiger charge is 2.07. The Bertz CT molecular complexity index is 2440.